The zero-order valence-electron chi connectivity index (χ0n) is 24.8. The number of nitrogens with two attached hydrogens (primary N) is 1. The Labute approximate surface area is 240 Å². The fourth-order valence-corrected chi connectivity index (χ4v) is 7.95. The first-order valence-corrected chi connectivity index (χ1v) is 14.0. The number of primary amides is 1. The number of likely N-dealkylation sites (N-methyl/N-ethyl adjacent to an activating group) is 1. The minimum absolute atomic E-state index is 0.0167. The maximum absolute atomic E-state index is 14.3. The van der Waals surface area contributed by atoms with Crippen LogP contribution in [0.3, 0.4) is 0 Å². The number of methoxy groups -OCH3 is 2. The number of hydrogen-bond acceptors (Lipinski definition) is 10. The van der Waals surface area contributed by atoms with E-state index in [4.69, 9.17) is 15.2 Å². The molecule has 0 bridgehead atoms. The molecule has 1 heterocycles. The van der Waals surface area contributed by atoms with Crippen LogP contribution in [0.1, 0.15) is 34.8 Å². The molecule has 4 aliphatic rings. The molecule has 5 unspecified atom stereocenters. The van der Waals surface area contributed by atoms with Gasteiger partial charge in [0, 0.05) is 58.0 Å². The van der Waals surface area contributed by atoms with Crippen molar-refractivity contribution in [2.45, 2.75) is 38.0 Å². The zero-order valence-corrected chi connectivity index (χ0v) is 24.8. The van der Waals surface area contributed by atoms with Crippen LogP contribution < -0.4 is 10.6 Å². The molecule has 1 saturated carbocycles. The molecule has 222 valence electrons. The molecule has 0 radical (unpaired) electrons. The zero-order chi connectivity index (χ0) is 30.1. The largest absolute Gasteiger partial charge is 0.507 e. The number of hydrogen-bond donors (Lipinski definition) is 2. The SMILES string of the molecule is COC1=C2C(=O)c3c(O)cc(CN4CC(C)C4)c(N(C)C)c3CC2CC2C(N(C)C)C(=O)C(C(N)=O)C(=O)C12OC. The topological polar surface area (TPSA) is 143 Å². The van der Waals surface area contributed by atoms with Crippen molar-refractivity contribution in [2.75, 3.05) is 60.4 Å². The van der Waals surface area contributed by atoms with Gasteiger partial charge in [0.25, 0.3) is 0 Å². The number of ether oxygens (including phenoxy) is 2. The molecule has 5 rings (SSSR count). The van der Waals surface area contributed by atoms with Crippen LogP contribution in [0, 0.1) is 23.7 Å². The van der Waals surface area contributed by atoms with Gasteiger partial charge in [-0.3, -0.25) is 29.0 Å². The van der Waals surface area contributed by atoms with E-state index in [-0.39, 0.29) is 29.1 Å². The van der Waals surface area contributed by atoms with E-state index in [0.717, 1.165) is 29.9 Å². The Kier molecular flexibility index (Phi) is 7.28. The maximum Gasteiger partial charge on any atom is 0.235 e. The van der Waals surface area contributed by atoms with E-state index in [1.54, 1.807) is 25.1 Å². The number of aromatic hydroxyl groups is 1. The van der Waals surface area contributed by atoms with Crippen LogP contribution in [0.2, 0.25) is 0 Å². The van der Waals surface area contributed by atoms with Crippen molar-refractivity contribution in [3.8, 4) is 5.75 Å². The van der Waals surface area contributed by atoms with Crippen LogP contribution in [0.15, 0.2) is 17.4 Å². The molecule has 1 aromatic rings. The smallest absolute Gasteiger partial charge is 0.235 e. The van der Waals surface area contributed by atoms with Crippen molar-refractivity contribution in [3.05, 3.63) is 34.1 Å². The van der Waals surface area contributed by atoms with Gasteiger partial charge in [-0.05, 0) is 56.0 Å². The number of nitrogens with zero attached hydrogens (tertiary/aromatic N) is 3. The number of rotatable bonds is 7. The van der Waals surface area contributed by atoms with E-state index in [0.29, 0.717) is 18.9 Å². The minimum Gasteiger partial charge on any atom is -0.507 e. The molecule has 0 spiro atoms. The van der Waals surface area contributed by atoms with E-state index < -0.39 is 52.7 Å². The molecule has 3 aliphatic carbocycles. The monoisotopic (exact) mass is 568 g/mol. The van der Waals surface area contributed by atoms with E-state index in [2.05, 4.69) is 11.8 Å². The van der Waals surface area contributed by atoms with Gasteiger partial charge in [-0.15, -0.1) is 0 Å². The second kappa shape index (κ2) is 10.2. The van der Waals surface area contributed by atoms with E-state index in [9.17, 15) is 24.3 Å². The fourth-order valence-electron chi connectivity index (χ4n) is 7.95. The van der Waals surface area contributed by atoms with Crippen molar-refractivity contribution >= 4 is 28.9 Å². The number of phenolic OH excluding ortho intramolecular Hbond substituents is 1. The Balaban J connectivity index is 1.72. The third-order valence-electron chi connectivity index (χ3n) is 9.37. The molecule has 2 fully saturated rings. The number of ketones is 3. The molecular weight excluding hydrogens is 528 g/mol. The first kappa shape index (κ1) is 29.2. The summed E-state index contributed by atoms with van der Waals surface area (Å²) >= 11 is 0. The highest BCUT2D eigenvalue weighted by atomic mass is 16.5. The van der Waals surface area contributed by atoms with Gasteiger partial charge in [0.15, 0.2) is 28.9 Å². The van der Waals surface area contributed by atoms with Gasteiger partial charge < -0.3 is 25.2 Å². The number of anilines is 1. The van der Waals surface area contributed by atoms with Crippen molar-refractivity contribution in [1.29, 1.82) is 0 Å². The van der Waals surface area contributed by atoms with Gasteiger partial charge in [-0.25, -0.2) is 0 Å². The first-order chi connectivity index (χ1) is 19.3. The van der Waals surface area contributed by atoms with Gasteiger partial charge in [0.2, 0.25) is 5.91 Å². The lowest BCUT2D eigenvalue weighted by Gasteiger charge is -2.53. The van der Waals surface area contributed by atoms with Crippen LogP contribution in [-0.2, 0) is 36.8 Å². The third kappa shape index (κ3) is 4.11. The Morgan fingerprint density at radius 3 is 2.34 bits per heavy atom. The van der Waals surface area contributed by atoms with Crippen LogP contribution in [0.25, 0.3) is 0 Å². The normalized spacial score (nSPS) is 30.1. The number of fused-ring (bicyclic) bond motifs is 3. The van der Waals surface area contributed by atoms with Gasteiger partial charge in [-0.2, -0.15) is 0 Å². The lowest BCUT2D eigenvalue weighted by molar-refractivity contribution is -0.175. The Hall–Kier alpha value is -3.28. The lowest BCUT2D eigenvalue weighted by Crippen LogP contribution is -2.70. The lowest BCUT2D eigenvalue weighted by atomic mass is 9.56. The van der Waals surface area contributed by atoms with Gasteiger partial charge in [0.1, 0.15) is 11.5 Å². The number of carbonyl (C=O) groups is 4. The third-order valence-corrected chi connectivity index (χ3v) is 9.37. The predicted octanol–water partition coefficient (Wildman–Crippen LogP) is 0.754. The summed E-state index contributed by atoms with van der Waals surface area (Å²) in [6, 6.07) is 0.783. The number of allylic oxidation sites excluding steroid dienone is 1. The van der Waals surface area contributed by atoms with Crippen molar-refractivity contribution < 1.29 is 33.8 Å². The molecule has 41 heavy (non-hydrogen) atoms. The quantitative estimate of drug-likeness (QED) is 0.453. The highest BCUT2D eigenvalue weighted by Gasteiger charge is 2.67. The van der Waals surface area contributed by atoms with E-state index in [1.165, 1.54) is 14.2 Å². The fraction of sp³-hybridized carbons (Fsp3) is 0.600. The Bertz CT molecular complexity index is 1360. The summed E-state index contributed by atoms with van der Waals surface area (Å²) in [6.07, 6.45) is 0.654. The van der Waals surface area contributed by atoms with Crippen molar-refractivity contribution in [1.82, 2.24) is 9.80 Å². The van der Waals surface area contributed by atoms with Crippen molar-refractivity contribution in [2.24, 2.45) is 29.4 Å². The summed E-state index contributed by atoms with van der Waals surface area (Å²) in [5.41, 5.74) is 6.67. The summed E-state index contributed by atoms with van der Waals surface area (Å²) < 4.78 is 11.8. The molecule has 3 N–H and O–H groups in total. The Morgan fingerprint density at radius 1 is 1.17 bits per heavy atom. The average Bonchev–Trinajstić information content (AvgIpc) is 2.85. The summed E-state index contributed by atoms with van der Waals surface area (Å²) in [6.45, 7) is 4.79. The number of carbonyl (C=O) groups excluding carboxylic acids is 4. The second-order valence-electron chi connectivity index (χ2n) is 12.4. The summed E-state index contributed by atoms with van der Waals surface area (Å²) in [7, 11) is 9.92. The highest BCUT2D eigenvalue weighted by Crippen LogP contribution is 2.55. The summed E-state index contributed by atoms with van der Waals surface area (Å²) in [5.74, 6) is -5.33. The van der Waals surface area contributed by atoms with Crippen LogP contribution >= 0.6 is 0 Å². The predicted molar refractivity (Wildman–Crippen MR) is 150 cm³/mol. The summed E-state index contributed by atoms with van der Waals surface area (Å²) in [5, 5.41) is 11.3. The maximum atomic E-state index is 14.3. The van der Waals surface area contributed by atoms with Crippen LogP contribution in [0.4, 0.5) is 5.69 Å². The van der Waals surface area contributed by atoms with Crippen molar-refractivity contribution in [3.63, 3.8) is 0 Å². The van der Waals surface area contributed by atoms with E-state index in [1.807, 2.05) is 19.0 Å². The number of amides is 1. The van der Waals surface area contributed by atoms with Gasteiger partial charge >= 0.3 is 0 Å². The number of likely N-dealkylation sites (tertiary alicyclic amines) is 1. The van der Waals surface area contributed by atoms with Gasteiger partial charge in [0.05, 0.1) is 18.7 Å². The number of phenols is 1. The van der Waals surface area contributed by atoms with Crippen LogP contribution in [-0.4, -0.2) is 105 Å². The number of benzene rings is 1. The number of Topliss-reactive ketones (excluding diaryl/α,β-unsaturated/α-hetero) is 3. The molecule has 11 heteroatoms. The van der Waals surface area contributed by atoms with E-state index >= 15 is 0 Å². The minimum atomic E-state index is -1.87. The first-order valence-electron chi connectivity index (χ1n) is 14.0. The summed E-state index contributed by atoms with van der Waals surface area (Å²) in [4.78, 5) is 60.3. The Morgan fingerprint density at radius 2 is 1.83 bits per heavy atom. The average molecular weight is 569 g/mol. The molecule has 1 aliphatic heterocycles. The molecule has 11 nitrogen and oxygen atoms in total. The molecule has 1 saturated heterocycles. The van der Waals surface area contributed by atoms with Crippen LogP contribution in [0.5, 0.6) is 5.75 Å². The van der Waals surface area contributed by atoms with Gasteiger partial charge in [-0.1, -0.05) is 6.92 Å². The molecular formula is C30H40N4O7. The molecule has 1 amide bonds. The highest BCUT2D eigenvalue weighted by molar-refractivity contribution is 6.25. The second-order valence-corrected chi connectivity index (χ2v) is 12.4. The molecule has 0 aromatic heterocycles. The molecule has 1 aromatic carbocycles. The molecule has 5 atom stereocenters. The standard InChI is InChI=1S/C30H40N4O7/c1-14-11-34(12-14)13-16-10-19(35)21-17(23(16)32(2)3)8-15-9-18-24(33(4)5)26(37)22(29(31)39)27(38)30(18,41-7)28(40-6)20(15)25(21)36/h10,14-15,18,22,24,35H,8-9,11-13H2,1-7H3,(H2,31,39).